The normalized spacial score (nSPS) is 12.1. The summed E-state index contributed by atoms with van der Waals surface area (Å²) in [5, 5.41) is 2.02. The van der Waals surface area contributed by atoms with E-state index in [1.165, 1.54) is 11.8 Å². The number of hydrogen-bond acceptors (Lipinski definition) is 5. The molecule has 2 heterocycles. The number of fused-ring (bicyclic) bond motifs is 1. The van der Waals surface area contributed by atoms with Crippen LogP contribution in [-0.2, 0) is 9.53 Å². The van der Waals surface area contributed by atoms with Gasteiger partial charge in [-0.15, -0.1) is 0 Å². The smallest absolute Gasteiger partial charge is 0.319 e. The van der Waals surface area contributed by atoms with Crippen molar-refractivity contribution in [3.63, 3.8) is 0 Å². The second-order valence-electron chi connectivity index (χ2n) is 6.90. The molecule has 2 aromatic heterocycles. The summed E-state index contributed by atoms with van der Waals surface area (Å²) >= 11 is 7.52. The fraction of sp³-hybridized carbons (Fsp3) is 0.208. The fourth-order valence-electron chi connectivity index (χ4n) is 3.43. The van der Waals surface area contributed by atoms with Gasteiger partial charge < -0.3 is 9.30 Å². The third kappa shape index (κ3) is 4.45. The molecule has 0 aliphatic heterocycles. The Labute approximate surface area is 190 Å². The van der Waals surface area contributed by atoms with E-state index in [0.29, 0.717) is 18.1 Å². The van der Waals surface area contributed by atoms with Crippen molar-refractivity contribution in [3.8, 4) is 16.8 Å². The van der Waals surface area contributed by atoms with Crippen molar-refractivity contribution in [3.05, 3.63) is 72.1 Å². The van der Waals surface area contributed by atoms with E-state index in [0.717, 1.165) is 32.9 Å². The summed E-state index contributed by atoms with van der Waals surface area (Å²) in [5.74, 6) is -0.222. The predicted molar refractivity (Wildman–Crippen MR) is 126 cm³/mol. The first-order chi connectivity index (χ1) is 15.1. The van der Waals surface area contributed by atoms with Gasteiger partial charge in [-0.1, -0.05) is 60.6 Å². The van der Waals surface area contributed by atoms with Crippen LogP contribution in [0.15, 0.2) is 72.1 Å². The van der Waals surface area contributed by atoms with E-state index in [4.69, 9.17) is 16.3 Å². The average molecular weight is 452 g/mol. The van der Waals surface area contributed by atoms with E-state index in [9.17, 15) is 4.79 Å². The SMILES string of the molecule is CCOC(=O)C(CC)Sc1ncnc2c1c(-c1ccccc1)cn2-c1ccc(Cl)cc1. The zero-order valence-corrected chi connectivity index (χ0v) is 18.9. The van der Waals surface area contributed by atoms with Gasteiger partial charge in [0.05, 0.1) is 12.0 Å². The van der Waals surface area contributed by atoms with Crippen molar-refractivity contribution in [2.45, 2.75) is 30.5 Å². The summed E-state index contributed by atoms with van der Waals surface area (Å²) in [5.41, 5.74) is 3.79. The van der Waals surface area contributed by atoms with Crippen molar-refractivity contribution in [1.29, 1.82) is 0 Å². The van der Waals surface area contributed by atoms with Gasteiger partial charge in [-0.3, -0.25) is 4.79 Å². The zero-order valence-electron chi connectivity index (χ0n) is 17.3. The minimum atomic E-state index is -0.333. The Kier molecular flexibility index (Phi) is 6.59. The van der Waals surface area contributed by atoms with Gasteiger partial charge in [0, 0.05) is 22.5 Å². The van der Waals surface area contributed by atoms with Crippen LogP contribution in [0.3, 0.4) is 0 Å². The number of carbonyl (C=O) groups excluding carboxylic acids is 1. The van der Waals surface area contributed by atoms with Crippen molar-refractivity contribution in [1.82, 2.24) is 14.5 Å². The van der Waals surface area contributed by atoms with Gasteiger partial charge in [0.2, 0.25) is 0 Å². The maximum Gasteiger partial charge on any atom is 0.319 e. The van der Waals surface area contributed by atoms with E-state index < -0.39 is 0 Å². The standard InChI is InChI=1S/C24H22ClN3O2S/c1-3-20(24(29)30-4-2)31-23-21-19(16-8-6-5-7-9-16)14-28(22(21)26-15-27-23)18-12-10-17(25)11-13-18/h5-15,20H,3-4H2,1-2H3. The molecular formula is C24H22ClN3O2S. The highest BCUT2D eigenvalue weighted by Crippen LogP contribution is 2.38. The number of esters is 1. The molecule has 1 atom stereocenters. The van der Waals surface area contributed by atoms with Crippen molar-refractivity contribution >= 4 is 40.4 Å². The second kappa shape index (κ2) is 9.54. The lowest BCUT2D eigenvalue weighted by Gasteiger charge is -2.13. The molecule has 0 saturated heterocycles. The predicted octanol–water partition coefficient (Wildman–Crippen LogP) is 6.17. The minimum absolute atomic E-state index is 0.222. The molecule has 0 aliphatic rings. The Bertz CT molecular complexity index is 1190. The lowest BCUT2D eigenvalue weighted by atomic mass is 10.1. The molecule has 2 aromatic carbocycles. The van der Waals surface area contributed by atoms with Gasteiger partial charge in [-0.25, -0.2) is 9.97 Å². The summed E-state index contributed by atoms with van der Waals surface area (Å²) in [6.07, 6.45) is 4.25. The molecule has 0 saturated carbocycles. The first-order valence-corrected chi connectivity index (χ1v) is 11.4. The Morgan fingerprint density at radius 2 is 1.84 bits per heavy atom. The summed E-state index contributed by atoms with van der Waals surface area (Å²) in [4.78, 5) is 21.6. The molecule has 5 nitrogen and oxygen atoms in total. The summed E-state index contributed by atoms with van der Waals surface area (Å²) in [7, 11) is 0. The molecule has 0 spiro atoms. The highest BCUT2D eigenvalue weighted by atomic mass is 35.5. The van der Waals surface area contributed by atoms with E-state index >= 15 is 0 Å². The van der Waals surface area contributed by atoms with E-state index in [1.807, 2.05) is 60.9 Å². The van der Waals surface area contributed by atoms with Crippen LogP contribution in [0.4, 0.5) is 0 Å². The Balaban J connectivity index is 1.90. The van der Waals surface area contributed by atoms with E-state index in [2.05, 4.69) is 28.3 Å². The van der Waals surface area contributed by atoms with Crippen LogP contribution in [-0.4, -0.2) is 32.4 Å². The second-order valence-corrected chi connectivity index (χ2v) is 8.53. The number of carbonyl (C=O) groups is 1. The lowest BCUT2D eigenvalue weighted by molar-refractivity contribution is -0.142. The number of rotatable bonds is 7. The van der Waals surface area contributed by atoms with Crippen LogP contribution in [0.2, 0.25) is 5.02 Å². The van der Waals surface area contributed by atoms with E-state index in [-0.39, 0.29) is 11.2 Å². The highest BCUT2D eigenvalue weighted by molar-refractivity contribution is 8.00. The third-order valence-electron chi connectivity index (χ3n) is 4.91. The summed E-state index contributed by atoms with van der Waals surface area (Å²) in [6, 6.07) is 17.7. The molecule has 0 aliphatic carbocycles. The van der Waals surface area contributed by atoms with Gasteiger partial charge in [-0.05, 0) is 43.2 Å². The van der Waals surface area contributed by atoms with Gasteiger partial charge in [0.25, 0.3) is 0 Å². The quantitative estimate of drug-likeness (QED) is 0.191. The summed E-state index contributed by atoms with van der Waals surface area (Å²) in [6.45, 7) is 4.15. The molecule has 0 N–H and O–H groups in total. The van der Waals surface area contributed by atoms with Gasteiger partial charge in [0.1, 0.15) is 22.3 Å². The van der Waals surface area contributed by atoms with Crippen LogP contribution < -0.4 is 0 Å². The van der Waals surface area contributed by atoms with Crippen molar-refractivity contribution in [2.24, 2.45) is 0 Å². The molecule has 7 heteroatoms. The van der Waals surface area contributed by atoms with Crippen LogP contribution in [0.25, 0.3) is 27.8 Å². The largest absolute Gasteiger partial charge is 0.465 e. The maximum absolute atomic E-state index is 12.4. The molecule has 4 aromatic rings. The molecule has 158 valence electrons. The Morgan fingerprint density at radius 3 is 2.52 bits per heavy atom. The molecule has 0 amide bonds. The number of benzene rings is 2. The number of hydrogen-bond donors (Lipinski definition) is 0. The topological polar surface area (TPSA) is 57.0 Å². The summed E-state index contributed by atoms with van der Waals surface area (Å²) < 4.78 is 7.29. The monoisotopic (exact) mass is 451 g/mol. The number of halogens is 1. The van der Waals surface area contributed by atoms with Crippen LogP contribution in [0, 0.1) is 0 Å². The number of aromatic nitrogens is 3. The Hall–Kier alpha value is -2.83. The average Bonchev–Trinajstić information content (AvgIpc) is 3.19. The Morgan fingerprint density at radius 1 is 1.10 bits per heavy atom. The van der Waals surface area contributed by atoms with Gasteiger partial charge >= 0.3 is 5.97 Å². The molecule has 4 rings (SSSR count). The number of thioether (sulfide) groups is 1. The van der Waals surface area contributed by atoms with Gasteiger partial charge in [0.15, 0.2) is 0 Å². The van der Waals surface area contributed by atoms with Crippen LogP contribution in [0.5, 0.6) is 0 Å². The molecule has 0 bridgehead atoms. The molecule has 1 unspecified atom stereocenters. The first-order valence-electron chi connectivity index (χ1n) is 10.1. The lowest BCUT2D eigenvalue weighted by Crippen LogP contribution is -2.19. The zero-order chi connectivity index (χ0) is 21.8. The molecule has 0 fully saturated rings. The maximum atomic E-state index is 12.4. The van der Waals surface area contributed by atoms with Crippen molar-refractivity contribution < 1.29 is 9.53 Å². The van der Waals surface area contributed by atoms with E-state index in [1.54, 1.807) is 6.33 Å². The number of ether oxygens (including phenoxy) is 1. The van der Waals surface area contributed by atoms with Gasteiger partial charge in [-0.2, -0.15) is 0 Å². The molecular weight excluding hydrogens is 430 g/mol. The molecule has 0 radical (unpaired) electrons. The van der Waals surface area contributed by atoms with Crippen LogP contribution in [0.1, 0.15) is 20.3 Å². The highest BCUT2D eigenvalue weighted by Gasteiger charge is 2.24. The third-order valence-corrected chi connectivity index (χ3v) is 6.51. The molecule has 31 heavy (non-hydrogen) atoms. The number of nitrogens with zero attached hydrogens (tertiary/aromatic N) is 3. The van der Waals surface area contributed by atoms with Crippen molar-refractivity contribution in [2.75, 3.05) is 6.61 Å². The van der Waals surface area contributed by atoms with Crippen LogP contribution >= 0.6 is 23.4 Å². The fourth-order valence-corrected chi connectivity index (χ4v) is 4.58. The first kappa shape index (κ1) is 21.4. The minimum Gasteiger partial charge on any atom is -0.465 e.